The molecule has 0 bridgehead atoms. The number of halogens is 3. The Morgan fingerprint density at radius 3 is 2.58 bits per heavy atom. The molecule has 2 aromatic carbocycles. The molecular formula is C28H27F3N4O3. The highest BCUT2D eigenvalue weighted by molar-refractivity contribution is 6.06. The third kappa shape index (κ3) is 7.27. The number of alkyl halides is 3. The Kier molecular flexibility index (Phi) is 8.55. The van der Waals surface area contributed by atoms with E-state index < -0.39 is 17.6 Å². The zero-order valence-corrected chi connectivity index (χ0v) is 20.7. The fourth-order valence-electron chi connectivity index (χ4n) is 3.98. The van der Waals surface area contributed by atoms with E-state index in [9.17, 15) is 22.8 Å². The summed E-state index contributed by atoms with van der Waals surface area (Å²) in [5.74, 6) is -1.07. The molecule has 1 saturated heterocycles. The molecule has 10 heteroatoms. The lowest BCUT2D eigenvalue weighted by Crippen LogP contribution is -2.36. The number of aryl methyl sites for hydroxylation is 1. The van der Waals surface area contributed by atoms with E-state index in [0.717, 1.165) is 17.2 Å². The quantitative estimate of drug-likeness (QED) is 0.418. The lowest BCUT2D eigenvalue weighted by Gasteiger charge is -2.27. The lowest BCUT2D eigenvalue weighted by atomic mass is 10.0. The van der Waals surface area contributed by atoms with Crippen LogP contribution >= 0.6 is 0 Å². The number of anilines is 2. The summed E-state index contributed by atoms with van der Waals surface area (Å²) in [6.45, 7) is 3.95. The van der Waals surface area contributed by atoms with Gasteiger partial charge in [0.2, 0.25) is 5.91 Å². The lowest BCUT2D eigenvalue weighted by molar-refractivity contribution is -0.138. The van der Waals surface area contributed by atoms with Gasteiger partial charge >= 0.3 is 6.18 Å². The van der Waals surface area contributed by atoms with Crippen molar-refractivity contribution >= 4 is 29.3 Å². The van der Waals surface area contributed by atoms with Crippen molar-refractivity contribution in [3.05, 3.63) is 94.8 Å². The smallest absolute Gasteiger partial charge is 0.379 e. The van der Waals surface area contributed by atoms with Crippen LogP contribution in [0.15, 0.2) is 67.0 Å². The molecule has 0 spiro atoms. The van der Waals surface area contributed by atoms with E-state index in [1.165, 1.54) is 18.2 Å². The molecule has 0 unspecified atom stereocenters. The van der Waals surface area contributed by atoms with Gasteiger partial charge in [0.15, 0.2) is 0 Å². The standard InChI is InChI=1S/C28H27F3N4O3/c1-19-4-8-23(16-25(19)34-26(36)9-5-20-3-2-10-32-17-20)33-27(37)21-6-7-22(24(15-21)28(29,30)31)18-35-11-13-38-14-12-35/h2-10,15-17H,11-14,18H2,1H3,(H,33,37)(H,34,36)/b9-5+. The van der Waals surface area contributed by atoms with Gasteiger partial charge in [-0.3, -0.25) is 19.5 Å². The van der Waals surface area contributed by atoms with Gasteiger partial charge in [0.1, 0.15) is 0 Å². The highest BCUT2D eigenvalue weighted by Crippen LogP contribution is 2.34. The molecule has 4 rings (SSSR count). The van der Waals surface area contributed by atoms with E-state index in [1.807, 2.05) is 4.90 Å². The van der Waals surface area contributed by atoms with Crippen molar-refractivity contribution in [3.8, 4) is 0 Å². The van der Waals surface area contributed by atoms with Crippen LogP contribution in [-0.2, 0) is 22.3 Å². The third-order valence-electron chi connectivity index (χ3n) is 6.04. The fraction of sp³-hybridized carbons (Fsp3) is 0.250. The summed E-state index contributed by atoms with van der Waals surface area (Å²) < 4.78 is 46.8. The van der Waals surface area contributed by atoms with Gasteiger partial charge in [0.25, 0.3) is 5.91 Å². The van der Waals surface area contributed by atoms with Crippen LogP contribution < -0.4 is 10.6 Å². The second-order valence-electron chi connectivity index (χ2n) is 8.85. The fourth-order valence-corrected chi connectivity index (χ4v) is 3.98. The zero-order chi connectivity index (χ0) is 27.1. The monoisotopic (exact) mass is 524 g/mol. The number of carbonyl (C=O) groups is 2. The van der Waals surface area contributed by atoms with Crippen LogP contribution in [0.5, 0.6) is 0 Å². The Labute approximate surface area is 218 Å². The largest absolute Gasteiger partial charge is 0.416 e. The predicted molar refractivity (Wildman–Crippen MR) is 139 cm³/mol. The van der Waals surface area contributed by atoms with E-state index in [1.54, 1.807) is 55.7 Å². The summed E-state index contributed by atoms with van der Waals surface area (Å²) in [4.78, 5) is 31.1. The summed E-state index contributed by atoms with van der Waals surface area (Å²) in [6.07, 6.45) is 1.61. The molecule has 2 heterocycles. The van der Waals surface area contributed by atoms with Crippen molar-refractivity contribution in [2.24, 2.45) is 0 Å². The molecular weight excluding hydrogens is 497 g/mol. The van der Waals surface area contributed by atoms with E-state index in [0.29, 0.717) is 37.7 Å². The van der Waals surface area contributed by atoms with Crippen LogP contribution in [0.25, 0.3) is 6.08 Å². The third-order valence-corrected chi connectivity index (χ3v) is 6.04. The number of aromatic nitrogens is 1. The molecule has 0 aliphatic carbocycles. The van der Waals surface area contributed by atoms with Crippen molar-refractivity contribution in [1.29, 1.82) is 0 Å². The topological polar surface area (TPSA) is 83.6 Å². The Hall–Kier alpha value is -4.02. The molecule has 1 aliphatic rings. The predicted octanol–water partition coefficient (Wildman–Crippen LogP) is 5.15. The van der Waals surface area contributed by atoms with E-state index in [2.05, 4.69) is 15.6 Å². The van der Waals surface area contributed by atoms with Crippen molar-refractivity contribution in [1.82, 2.24) is 9.88 Å². The first-order chi connectivity index (χ1) is 18.2. The highest BCUT2D eigenvalue weighted by Gasteiger charge is 2.34. The van der Waals surface area contributed by atoms with Gasteiger partial charge in [-0.1, -0.05) is 18.2 Å². The van der Waals surface area contributed by atoms with Crippen molar-refractivity contribution < 1.29 is 27.5 Å². The Morgan fingerprint density at radius 1 is 1.08 bits per heavy atom. The molecule has 1 aromatic heterocycles. The zero-order valence-electron chi connectivity index (χ0n) is 20.7. The maximum absolute atomic E-state index is 13.8. The molecule has 3 aromatic rings. The number of nitrogens with zero attached hydrogens (tertiary/aromatic N) is 2. The Morgan fingerprint density at radius 2 is 1.87 bits per heavy atom. The summed E-state index contributed by atoms with van der Waals surface area (Å²) in [7, 11) is 0. The maximum atomic E-state index is 13.8. The van der Waals surface area contributed by atoms with Gasteiger partial charge in [-0.05, 0) is 60.0 Å². The summed E-state index contributed by atoms with van der Waals surface area (Å²) in [5, 5.41) is 5.37. The maximum Gasteiger partial charge on any atom is 0.416 e. The Balaban J connectivity index is 1.47. The van der Waals surface area contributed by atoms with Crippen LogP contribution in [0.2, 0.25) is 0 Å². The van der Waals surface area contributed by atoms with Gasteiger partial charge in [-0.25, -0.2) is 0 Å². The molecule has 0 saturated carbocycles. The van der Waals surface area contributed by atoms with Crippen LogP contribution in [0.1, 0.15) is 32.6 Å². The van der Waals surface area contributed by atoms with Gasteiger partial charge in [0.05, 0.1) is 18.8 Å². The van der Waals surface area contributed by atoms with Crippen molar-refractivity contribution in [2.45, 2.75) is 19.6 Å². The minimum absolute atomic E-state index is 0.107. The van der Waals surface area contributed by atoms with Gasteiger partial charge in [0, 0.05) is 55.0 Å². The average molecular weight is 525 g/mol. The number of ether oxygens (including phenoxy) is 1. The van der Waals surface area contributed by atoms with Crippen LogP contribution in [-0.4, -0.2) is 48.0 Å². The van der Waals surface area contributed by atoms with Crippen LogP contribution in [0.4, 0.5) is 24.5 Å². The normalized spacial score (nSPS) is 14.4. The molecule has 7 nitrogen and oxygen atoms in total. The molecule has 38 heavy (non-hydrogen) atoms. The minimum atomic E-state index is -4.61. The summed E-state index contributed by atoms with van der Waals surface area (Å²) >= 11 is 0. The van der Waals surface area contributed by atoms with Crippen molar-refractivity contribution in [2.75, 3.05) is 36.9 Å². The number of benzene rings is 2. The highest BCUT2D eigenvalue weighted by atomic mass is 19.4. The van der Waals surface area contributed by atoms with E-state index in [-0.39, 0.29) is 23.6 Å². The van der Waals surface area contributed by atoms with Crippen LogP contribution in [0, 0.1) is 6.92 Å². The molecule has 0 radical (unpaired) electrons. The number of pyridine rings is 1. The van der Waals surface area contributed by atoms with Crippen LogP contribution in [0.3, 0.4) is 0 Å². The minimum Gasteiger partial charge on any atom is -0.379 e. The van der Waals surface area contributed by atoms with Gasteiger partial charge < -0.3 is 15.4 Å². The van der Waals surface area contributed by atoms with E-state index >= 15 is 0 Å². The second kappa shape index (κ2) is 12.0. The number of morpholine rings is 1. The molecule has 2 amide bonds. The van der Waals surface area contributed by atoms with E-state index in [4.69, 9.17) is 4.74 Å². The van der Waals surface area contributed by atoms with Gasteiger partial charge in [-0.15, -0.1) is 0 Å². The number of nitrogens with one attached hydrogen (secondary N) is 2. The molecule has 2 N–H and O–H groups in total. The SMILES string of the molecule is Cc1ccc(NC(=O)c2ccc(CN3CCOCC3)c(C(F)(F)F)c2)cc1NC(=O)/C=C/c1cccnc1. The number of rotatable bonds is 7. The number of hydrogen-bond donors (Lipinski definition) is 2. The summed E-state index contributed by atoms with van der Waals surface area (Å²) in [6, 6.07) is 12.0. The first-order valence-corrected chi connectivity index (χ1v) is 12.0. The summed E-state index contributed by atoms with van der Waals surface area (Å²) in [5.41, 5.74) is 1.45. The molecule has 1 aliphatic heterocycles. The van der Waals surface area contributed by atoms with Gasteiger partial charge in [-0.2, -0.15) is 13.2 Å². The second-order valence-corrected chi connectivity index (χ2v) is 8.85. The molecule has 1 fully saturated rings. The molecule has 0 atom stereocenters. The average Bonchev–Trinajstić information content (AvgIpc) is 2.90. The first-order valence-electron chi connectivity index (χ1n) is 12.0. The Bertz CT molecular complexity index is 1320. The number of carbonyl (C=O) groups excluding carboxylic acids is 2. The number of amides is 2. The molecule has 198 valence electrons. The first kappa shape index (κ1) is 27.0. The number of hydrogen-bond acceptors (Lipinski definition) is 5. The van der Waals surface area contributed by atoms with Crippen molar-refractivity contribution in [3.63, 3.8) is 0 Å².